The molecule has 0 saturated heterocycles. The number of anilines is 1. The predicted octanol–water partition coefficient (Wildman–Crippen LogP) is 3.70. The molecule has 0 radical (unpaired) electrons. The monoisotopic (exact) mass is 308 g/mol. The first kappa shape index (κ1) is 15.8. The van der Waals surface area contributed by atoms with Gasteiger partial charge in [-0.25, -0.2) is 0 Å². The van der Waals surface area contributed by atoms with E-state index < -0.39 is 0 Å². The Kier molecular flexibility index (Phi) is 4.49. The van der Waals surface area contributed by atoms with Crippen LogP contribution in [0.4, 0.5) is 5.69 Å². The molecular formula is C20H24N2O. The Labute approximate surface area is 138 Å². The Morgan fingerprint density at radius 2 is 1.74 bits per heavy atom. The second kappa shape index (κ2) is 6.55. The van der Waals surface area contributed by atoms with E-state index >= 15 is 0 Å². The third-order valence-electron chi connectivity index (χ3n) is 4.61. The van der Waals surface area contributed by atoms with Crippen molar-refractivity contribution < 1.29 is 4.79 Å². The maximum absolute atomic E-state index is 12.9. The molecule has 3 rings (SSSR count). The summed E-state index contributed by atoms with van der Waals surface area (Å²) >= 11 is 0. The van der Waals surface area contributed by atoms with Gasteiger partial charge in [-0.1, -0.05) is 48.5 Å². The molecule has 1 heterocycles. The van der Waals surface area contributed by atoms with Crippen molar-refractivity contribution in [1.82, 2.24) is 5.32 Å². The van der Waals surface area contributed by atoms with E-state index in [2.05, 4.69) is 37.4 Å². The molecule has 0 aliphatic carbocycles. The van der Waals surface area contributed by atoms with Crippen LogP contribution in [0.15, 0.2) is 54.6 Å². The molecule has 1 aliphatic heterocycles. The normalized spacial score (nSPS) is 19.3. The Morgan fingerprint density at radius 3 is 2.48 bits per heavy atom. The second-order valence-corrected chi connectivity index (χ2v) is 6.41. The average Bonchev–Trinajstić information content (AvgIpc) is 2.90. The zero-order valence-corrected chi connectivity index (χ0v) is 14.0. The van der Waals surface area contributed by atoms with Gasteiger partial charge in [0.05, 0.1) is 6.04 Å². The average molecular weight is 308 g/mol. The number of fused-ring (bicyclic) bond motifs is 1. The summed E-state index contributed by atoms with van der Waals surface area (Å²) in [6.45, 7) is 6.17. The topological polar surface area (TPSA) is 32.3 Å². The highest BCUT2D eigenvalue weighted by Crippen LogP contribution is 2.32. The minimum atomic E-state index is -0.223. The quantitative estimate of drug-likeness (QED) is 0.934. The predicted molar refractivity (Wildman–Crippen MR) is 94.5 cm³/mol. The summed E-state index contributed by atoms with van der Waals surface area (Å²) in [5.74, 6) is 0.144. The molecule has 3 nitrogen and oxygen atoms in total. The molecule has 1 aliphatic rings. The van der Waals surface area contributed by atoms with Crippen LogP contribution >= 0.6 is 0 Å². The lowest BCUT2D eigenvalue weighted by Crippen LogP contribution is -2.47. The smallest absolute Gasteiger partial charge is 0.244 e. The van der Waals surface area contributed by atoms with Crippen LogP contribution in [0, 0.1) is 0 Å². The number of hydrogen-bond donors (Lipinski definition) is 1. The Morgan fingerprint density at radius 1 is 1.09 bits per heavy atom. The summed E-state index contributed by atoms with van der Waals surface area (Å²) in [5.41, 5.74) is 3.52. The standard InChI is InChI=1S/C20H24N2O/c1-14-13-18-11-7-8-12-19(18)22(14)20(23)16(3)21-15(2)17-9-5-4-6-10-17/h4-12,14-16,21H,13H2,1-3H3/t14-,15-,16+/m0/s1. The molecule has 0 aromatic heterocycles. The highest BCUT2D eigenvalue weighted by atomic mass is 16.2. The fourth-order valence-electron chi connectivity index (χ4n) is 3.39. The van der Waals surface area contributed by atoms with Gasteiger partial charge in [0.15, 0.2) is 0 Å². The lowest BCUT2D eigenvalue weighted by Gasteiger charge is -2.28. The summed E-state index contributed by atoms with van der Waals surface area (Å²) < 4.78 is 0. The number of amides is 1. The van der Waals surface area contributed by atoms with Crippen LogP contribution in [0.25, 0.3) is 0 Å². The molecule has 0 bridgehead atoms. The highest BCUT2D eigenvalue weighted by molar-refractivity contribution is 5.99. The first-order valence-corrected chi connectivity index (χ1v) is 8.30. The molecule has 2 aromatic rings. The molecule has 0 spiro atoms. The van der Waals surface area contributed by atoms with Crippen molar-refractivity contribution in [2.24, 2.45) is 0 Å². The summed E-state index contributed by atoms with van der Waals surface area (Å²) in [5, 5.41) is 3.43. The second-order valence-electron chi connectivity index (χ2n) is 6.41. The van der Waals surface area contributed by atoms with E-state index in [-0.39, 0.29) is 24.0 Å². The molecule has 3 atom stereocenters. The lowest BCUT2D eigenvalue weighted by atomic mass is 10.1. The maximum Gasteiger partial charge on any atom is 0.244 e. The molecule has 120 valence electrons. The number of hydrogen-bond acceptors (Lipinski definition) is 2. The molecule has 1 amide bonds. The number of nitrogens with zero attached hydrogens (tertiary/aromatic N) is 1. The van der Waals surface area contributed by atoms with Crippen molar-refractivity contribution in [3.8, 4) is 0 Å². The van der Waals surface area contributed by atoms with Crippen LogP contribution < -0.4 is 10.2 Å². The summed E-state index contributed by atoms with van der Waals surface area (Å²) in [7, 11) is 0. The maximum atomic E-state index is 12.9. The number of carbonyl (C=O) groups excluding carboxylic acids is 1. The van der Waals surface area contributed by atoms with Crippen LogP contribution in [0.2, 0.25) is 0 Å². The van der Waals surface area contributed by atoms with Crippen LogP contribution in [0.1, 0.15) is 37.9 Å². The molecule has 0 fully saturated rings. The third-order valence-corrected chi connectivity index (χ3v) is 4.61. The molecule has 23 heavy (non-hydrogen) atoms. The van der Waals surface area contributed by atoms with Gasteiger partial charge in [-0.2, -0.15) is 0 Å². The Bertz CT molecular complexity index is 683. The van der Waals surface area contributed by atoms with E-state index in [0.717, 1.165) is 12.1 Å². The largest absolute Gasteiger partial charge is 0.308 e. The Hall–Kier alpha value is -2.13. The fourth-order valence-corrected chi connectivity index (χ4v) is 3.39. The number of nitrogens with one attached hydrogen (secondary N) is 1. The zero-order valence-electron chi connectivity index (χ0n) is 14.0. The first-order chi connectivity index (χ1) is 11.1. The zero-order chi connectivity index (χ0) is 16.4. The van der Waals surface area contributed by atoms with Gasteiger partial charge in [0, 0.05) is 17.8 Å². The molecular weight excluding hydrogens is 284 g/mol. The van der Waals surface area contributed by atoms with Gasteiger partial charge < -0.3 is 4.90 Å². The van der Waals surface area contributed by atoms with Crippen LogP contribution in [-0.4, -0.2) is 18.0 Å². The van der Waals surface area contributed by atoms with Gasteiger partial charge in [0.1, 0.15) is 0 Å². The van der Waals surface area contributed by atoms with Gasteiger partial charge in [-0.3, -0.25) is 10.1 Å². The number of rotatable bonds is 4. The van der Waals surface area contributed by atoms with Crippen molar-refractivity contribution in [1.29, 1.82) is 0 Å². The van der Waals surface area contributed by atoms with Gasteiger partial charge >= 0.3 is 0 Å². The first-order valence-electron chi connectivity index (χ1n) is 8.30. The lowest BCUT2D eigenvalue weighted by molar-refractivity contribution is -0.120. The van der Waals surface area contributed by atoms with E-state index in [4.69, 9.17) is 0 Å². The van der Waals surface area contributed by atoms with E-state index in [0.29, 0.717) is 0 Å². The highest BCUT2D eigenvalue weighted by Gasteiger charge is 2.33. The minimum Gasteiger partial charge on any atom is -0.308 e. The van der Waals surface area contributed by atoms with Gasteiger partial charge in [0.2, 0.25) is 5.91 Å². The molecule has 0 saturated carbocycles. The molecule has 3 heteroatoms. The Balaban J connectivity index is 1.73. The van der Waals surface area contributed by atoms with Gasteiger partial charge in [-0.05, 0) is 44.4 Å². The fraction of sp³-hybridized carbons (Fsp3) is 0.350. The van der Waals surface area contributed by atoms with Crippen molar-refractivity contribution in [2.75, 3.05) is 4.90 Å². The summed E-state index contributed by atoms with van der Waals surface area (Å²) in [6.07, 6.45) is 0.933. The van der Waals surface area contributed by atoms with E-state index in [1.54, 1.807) is 0 Å². The number of benzene rings is 2. The number of para-hydroxylation sites is 1. The van der Waals surface area contributed by atoms with E-state index in [1.165, 1.54) is 11.1 Å². The van der Waals surface area contributed by atoms with E-state index in [1.807, 2.05) is 48.2 Å². The summed E-state index contributed by atoms with van der Waals surface area (Å²) in [6, 6.07) is 18.6. The molecule has 2 aromatic carbocycles. The van der Waals surface area contributed by atoms with Crippen molar-refractivity contribution in [2.45, 2.75) is 45.3 Å². The van der Waals surface area contributed by atoms with Gasteiger partial charge in [-0.15, -0.1) is 0 Å². The third kappa shape index (κ3) is 3.15. The number of carbonyl (C=O) groups is 1. The van der Waals surface area contributed by atoms with Crippen LogP contribution in [0.5, 0.6) is 0 Å². The summed E-state index contributed by atoms with van der Waals surface area (Å²) in [4.78, 5) is 14.9. The van der Waals surface area contributed by atoms with Crippen LogP contribution in [0.3, 0.4) is 0 Å². The molecule has 0 unspecified atom stereocenters. The molecule has 1 N–H and O–H groups in total. The van der Waals surface area contributed by atoms with Crippen molar-refractivity contribution >= 4 is 11.6 Å². The van der Waals surface area contributed by atoms with Crippen molar-refractivity contribution in [3.63, 3.8) is 0 Å². The SMILES string of the molecule is C[C@H](N[C@H](C)C(=O)N1c2ccccc2C[C@@H]1C)c1ccccc1. The van der Waals surface area contributed by atoms with E-state index in [9.17, 15) is 4.79 Å². The minimum absolute atomic E-state index is 0.142. The van der Waals surface area contributed by atoms with Gasteiger partial charge in [0.25, 0.3) is 0 Å². The van der Waals surface area contributed by atoms with Crippen molar-refractivity contribution in [3.05, 3.63) is 65.7 Å². The van der Waals surface area contributed by atoms with Crippen LogP contribution in [-0.2, 0) is 11.2 Å².